The van der Waals surface area contributed by atoms with Crippen LogP contribution in [0.3, 0.4) is 0 Å². The van der Waals surface area contributed by atoms with Crippen molar-refractivity contribution in [2.24, 2.45) is 0 Å². The lowest BCUT2D eigenvalue weighted by Crippen LogP contribution is -2.35. The molecule has 1 aromatic rings. The summed E-state index contributed by atoms with van der Waals surface area (Å²) in [5, 5.41) is 10.9. The number of rotatable bonds is 3. The average molecular weight is 337 g/mol. The average Bonchev–Trinajstić information content (AvgIpc) is 2.17. The van der Waals surface area contributed by atoms with E-state index in [9.17, 15) is 10.1 Å². The van der Waals surface area contributed by atoms with Gasteiger partial charge in [-0.2, -0.15) is 0 Å². The molecule has 0 spiro atoms. The van der Waals surface area contributed by atoms with Crippen LogP contribution in [-0.4, -0.2) is 10.5 Å². The second-order valence-electron chi connectivity index (χ2n) is 3.82. The van der Waals surface area contributed by atoms with Gasteiger partial charge in [-0.25, -0.2) is 0 Å². The van der Waals surface area contributed by atoms with Crippen molar-refractivity contribution < 1.29 is 4.92 Å². The minimum Gasteiger partial charge on any atom is -0.264 e. The van der Waals surface area contributed by atoms with Crippen molar-refractivity contribution in [3.05, 3.63) is 44.4 Å². The Bertz CT molecular complexity index is 362. The van der Waals surface area contributed by atoms with Crippen LogP contribution in [0.4, 0.5) is 0 Å². The predicted molar refractivity (Wildman–Crippen MR) is 66.9 cm³/mol. The number of benzene rings is 1. The molecule has 0 saturated heterocycles. The number of alkyl halides is 1. The van der Waals surface area contributed by atoms with Crippen LogP contribution in [0.15, 0.2) is 28.7 Å². The van der Waals surface area contributed by atoms with E-state index >= 15 is 0 Å². The largest absolute Gasteiger partial charge is 0.264 e. The van der Waals surface area contributed by atoms with Gasteiger partial charge >= 0.3 is 0 Å². The monoisotopic (exact) mass is 335 g/mol. The summed E-state index contributed by atoms with van der Waals surface area (Å²) in [5.74, 6) is 0. The highest BCUT2D eigenvalue weighted by Crippen LogP contribution is 2.36. The van der Waals surface area contributed by atoms with Gasteiger partial charge in [0, 0.05) is 23.2 Å². The lowest BCUT2D eigenvalue weighted by Gasteiger charge is -2.22. The molecule has 0 aliphatic heterocycles. The molecule has 1 aromatic carbocycles. The fourth-order valence-electron chi connectivity index (χ4n) is 1.13. The molecular weight excluding hydrogens is 326 g/mol. The van der Waals surface area contributed by atoms with Crippen molar-refractivity contribution in [1.82, 2.24) is 0 Å². The molecule has 1 rings (SSSR count). The molecule has 1 atom stereocenters. The standard InChI is InChI=1S/C10H11Br2NO2/c1-10(2,13(14)15)9(12)7-3-5-8(11)6-4-7/h3-6,9H,1-2H3. The van der Waals surface area contributed by atoms with E-state index < -0.39 is 5.54 Å². The Hall–Kier alpha value is -0.420. The molecule has 0 aliphatic rings. The number of hydrogen-bond acceptors (Lipinski definition) is 2. The van der Waals surface area contributed by atoms with Gasteiger partial charge in [0.05, 0.1) is 0 Å². The van der Waals surface area contributed by atoms with Crippen molar-refractivity contribution in [2.45, 2.75) is 24.2 Å². The van der Waals surface area contributed by atoms with Crippen molar-refractivity contribution in [2.75, 3.05) is 0 Å². The van der Waals surface area contributed by atoms with Crippen molar-refractivity contribution >= 4 is 31.9 Å². The molecule has 15 heavy (non-hydrogen) atoms. The van der Waals surface area contributed by atoms with E-state index in [-0.39, 0.29) is 9.75 Å². The van der Waals surface area contributed by atoms with Crippen molar-refractivity contribution in [3.8, 4) is 0 Å². The molecule has 0 amide bonds. The highest BCUT2D eigenvalue weighted by Gasteiger charge is 2.40. The van der Waals surface area contributed by atoms with E-state index in [4.69, 9.17) is 0 Å². The summed E-state index contributed by atoms with van der Waals surface area (Å²) in [6, 6.07) is 7.49. The van der Waals surface area contributed by atoms with Crippen LogP contribution >= 0.6 is 31.9 Å². The maximum Gasteiger partial charge on any atom is 0.233 e. The van der Waals surface area contributed by atoms with Gasteiger partial charge in [-0.15, -0.1) is 0 Å². The molecule has 0 fully saturated rings. The second kappa shape index (κ2) is 4.61. The Kier molecular flexibility index (Phi) is 3.89. The highest BCUT2D eigenvalue weighted by molar-refractivity contribution is 9.10. The van der Waals surface area contributed by atoms with Gasteiger partial charge < -0.3 is 0 Å². The summed E-state index contributed by atoms with van der Waals surface area (Å²) in [6.45, 7) is 3.21. The molecule has 82 valence electrons. The topological polar surface area (TPSA) is 43.1 Å². The summed E-state index contributed by atoms with van der Waals surface area (Å²) >= 11 is 6.70. The Morgan fingerprint density at radius 2 is 1.80 bits per heavy atom. The quantitative estimate of drug-likeness (QED) is 0.476. The minimum absolute atomic E-state index is 0.269. The molecule has 1 unspecified atom stereocenters. The van der Waals surface area contributed by atoms with Gasteiger partial charge in [-0.3, -0.25) is 10.1 Å². The molecule has 0 saturated carbocycles. The number of hydrogen-bond donors (Lipinski definition) is 0. The second-order valence-corrected chi connectivity index (χ2v) is 5.66. The summed E-state index contributed by atoms with van der Waals surface area (Å²) in [7, 11) is 0. The normalized spacial score (nSPS) is 13.6. The van der Waals surface area contributed by atoms with E-state index in [2.05, 4.69) is 31.9 Å². The summed E-state index contributed by atoms with van der Waals surface area (Å²) < 4.78 is 0.963. The van der Waals surface area contributed by atoms with Gasteiger partial charge in [0.1, 0.15) is 4.83 Å². The fraction of sp³-hybridized carbons (Fsp3) is 0.400. The Balaban J connectivity index is 2.99. The van der Waals surface area contributed by atoms with Gasteiger partial charge in [0.25, 0.3) is 0 Å². The highest BCUT2D eigenvalue weighted by atomic mass is 79.9. The Morgan fingerprint density at radius 3 is 2.20 bits per heavy atom. The van der Waals surface area contributed by atoms with E-state index in [0.717, 1.165) is 10.0 Å². The molecule has 0 aliphatic carbocycles. The zero-order valence-electron chi connectivity index (χ0n) is 8.41. The zero-order valence-corrected chi connectivity index (χ0v) is 11.6. The fourth-order valence-corrected chi connectivity index (χ4v) is 1.87. The lowest BCUT2D eigenvalue weighted by molar-refractivity contribution is -0.560. The third kappa shape index (κ3) is 2.78. The Labute approximate surface area is 105 Å². The van der Waals surface area contributed by atoms with Gasteiger partial charge in [0.15, 0.2) is 0 Å². The first-order chi connectivity index (χ1) is 6.85. The van der Waals surface area contributed by atoms with E-state index in [0.29, 0.717) is 0 Å². The third-order valence-corrected chi connectivity index (χ3v) is 4.43. The van der Waals surface area contributed by atoms with Gasteiger partial charge in [0.2, 0.25) is 5.54 Å². The molecule has 0 heterocycles. The first-order valence-electron chi connectivity index (χ1n) is 4.39. The van der Waals surface area contributed by atoms with Crippen molar-refractivity contribution in [3.63, 3.8) is 0 Å². The number of nitrogens with zero attached hydrogens (tertiary/aromatic N) is 1. The van der Waals surface area contributed by atoms with Crippen LogP contribution in [-0.2, 0) is 0 Å². The molecule has 0 bridgehead atoms. The molecular formula is C10H11Br2NO2. The maximum atomic E-state index is 10.9. The molecule has 3 nitrogen and oxygen atoms in total. The van der Waals surface area contributed by atoms with Crippen LogP contribution in [0.1, 0.15) is 24.2 Å². The summed E-state index contributed by atoms with van der Waals surface area (Å²) in [4.78, 5) is 10.3. The predicted octanol–water partition coefficient (Wildman–Crippen LogP) is 3.94. The van der Waals surface area contributed by atoms with E-state index in [1.54, 1.807) is 13.8 Å². The minimum atomic E-state index is -1.02. The third-order valence-electron chi connectivity index (χ3n) is 2.25. The summed E-state index contributed by atoms with van der Waals surface area (Å²) in [5.41, 5.74) is -0.117. The molecule has 0 radical (unpaired) electrons. The maximum absolute atomic E-state index is 10.9. The van der Waals surface area contributed by atoms with Gasteiger partial charge in [-0.1, -0.05) is 44.0 Å². The molecule has 0 aromatic heterocycles. The summed E-state index contributed by atoms with van der Waals surface area (Å²) in [6.07, 6.45) is 0. The Morgan fingerprint density at radius 1 is 1.33 bits per heavy atom. The smallest absolute Gasteiger partial charge is 0.233 e. The van der Waals surface area contributed by atoms with Crippen molar-refractivity contribution in [1.29, 1.82) is 0 Å². The first-order valence-corrected chi connectivity index (χ1v) is 6.10. The lowest BCUT2D eigenvalue weighted by atomic mass is 9.96. The molecule has 0 N–H and O–H groups in total. The molecule has 5 heteroatoms. The first kappa shape index (κ1) is 12.6. The van der Waals surface area contributed by atoms with Crippen LogP contribution in [0.25, 0.3) is 0 Å². The van der Waals surface area contributed by atoms with E-state index in [1.807, 2.05) is 24.3 Å². The van der Waals surface area contributed by atoms with Crippen LogP contribution in [0.2, 0.25) is 0 Å². The van der Waals surface area contributed by atoms with E-state index in [1.165, 1.54) is 0 Å². The SMILES string of the molecule is CC(C)(C(Br)c1ccc(Br)cc1)[N+](=O)[O-]. The van der Waals surface area contributed by atoms with Crippen LogP contribution in [0, 0.1) is 10.1 Å². The number of nitro groups is 1. The van der Waals surface area contributed by atoms with Gasteiger partial charge in [-0.05, 0) is 17.7 Å². The number of halogens is 2. The van der Waals surface area contributed by atoms with Crippen LogP contribution < -0.4 is 0 Å². The van der Waals surface area contributed by atoms with Crippen LogP contribution in [0.5, 0.6) is 0 Å². The zero-order chi connectivity index (χ0) is 11.6.